The van der Waals surface area contributed by atoms with E-state index in [1.54, 1.807) is 5.57 Å². The summed E-state index contributed by atoms with van der Waals surface area (Å²) in [6.07, 6.45) is 7.10. The lowest BCUT2D eigenvalue weighted by Gasteiger charge is -2.42. The van der Waals surface area contributed by atoms with Gasteiger partial charge in [0.1, 0.15) is 0 Å². The molecule has 1 N–H and O–H groups in total. The van der Waals surface area contributed by atoms with E-state index in [1.165, 1.54) is 44.7 Å². The van der Waals surface area contributed by atoms with Gasteiger partial charge in [-0.25, -0.2) is 0 Å². The number of nitrogens with one attached hydrogen (secondary N) is 1. The van der Waals surface area contributed by atoms with Crippen LogP contribution in [-0.4, -0.2) is 28.5 Å². The smallest absolute Gasteiger partial charge is 0.0560 e. The molecule has 124 valence electrons. The molecule has 1 unspecified atom stereocenters. The van der Waals surface area contributed by atoms with Crippen LogP contribution in [0, 0.1) is 0 Å². The Morgan fingerprint density at radius 1 is 1.19 bits per heavy atom. The normalized spacial score (nSPS) is 18.8. The summed E-state index contributed by atoms with van der Waals surface area (Å²) in [5.74, 6) is 0. The van der Waals surface area contributed by atoms with Crippen LogP contribution >= 0.6 is 0 Å². The van der Waals surface area contributed by atoms with Crippen LogP contribution in [0.5, 0.6) is 0 Å². The van der Waals surface area contributed by atoms with Gasteiger partial charge in [0.15, 0.2) is 0 Å². The van der Waals surface area contributed by atoms with Crippen LogP contribution in [0.3, 0.4) is 0 Å². The van der Waals surface area contributed by atoms with Crippen LogP contribution < -0.4 is 5.32 Å². The minimum Gasteiger partial charge on any atom is -0.314 e. The third-order valence-electron chi connectivity index (χ3n) is 5.87. The van der Waals surface area contributed by atoms with E-state index in [0.29, 0.717) is 5.04 Å². The summed E-state index contributed by atoms with van der Waals surface area (Å²) < 4.78 is 0. The van der Waals surface area contributed by atoms with Crippen molar-refractivity contribution in [1.29, 1.82) is 0 Å². The van der Waals surface area contributed by atoms with Gasteiger partial charge in [0.2, 0.25) is 0 Å². The summed E-state index contributed by atoms with van der Waals surface area (Å²) in [4.78, 5) is 0. The van der Waals surface area contributed by atoms with Crippen LogP contribution in [0.25, 0.3) is 0 Å². The number of rotatable bonds is 7. The second-order valence-corrected chi connectivity index (χ2v) is 22.5. The van der Waals surface area contributed by atoms with Crippen molar-refractivity contribution in [3.63, 3.8) is 0 Å². The van der Waals surface area contributed by atoms with Crippen molar-refractivity contribution in [1.82, 2.24) is 5.32 Å². The third kappa shape index (κ3) is 6.03. The van der Waals surface area contributed by atoms with Gasteiger partial charge in [0.25, 0.3) is 0 Å². The Morgan fingerprint density at radius 2 is 1.76 bits per heavy atom. The van der Waals surface area contributed by atoms with Crippen LogP contribution in [0.1, 0.15) is 66.7 Å². The maximum absolute atomic E-state index is 3.80. The molecule has 1 saturated carbocycles. The van der Waals surface area contributed by atoms with Crippen molar-refractivity contribution < 1.29 is 0 Å². The van der Waals surface area contributed by atoms with Crippen LogP contribution in [0.15, 0.2) is 11.3 Å². The minimum atomic E-state index is -1.14. The molecule has 1 rings (SSSR count). The van der Waals surface area contributed by atoms with Crippen LogP contribution in [0.2, 0.25) is 24.2 Å². The van der Waals surface area contributed by atoms with Gasteiger partial charge in [0.05, 0.1) is 8.31 Å². The van der Waals surface area contributed by atoms with E-state index < -0.39 is 15.9 Å². The minimum absolute atomic E-state index is 0.536. The van der Waals surface area contributed by atoms with Gasteiger partial charge in [-0.15, -0.1) is 5.70 Å². The monoisotopic (exact) mass is 325 g/mol. The topological polar surface area (TPSA) is 12.0 Å². The van der Waals surface area contributed by atoms with Crippen molar-refractivity contribution in [2.75, 3.05) is 6.54 Å². The van der Waals surface area contributed by atoms with Crippen molar-refractivity contribution in [2.45, 2.75) is 96.9 Å². The maximum atomic E-state index is 3.80. The molecule has 1 aliphatic rings. The summed E-state index contributed by atoms with van der Waals surface area (Å²) in [6, 6.07) is 2.34. The van der Waals surface area contributed by atoms with Crippen molar-refractivity contribution >= 4 is 15.9 Å². The molecule has 0 aromatic heterocycles. The molecule has 0 aromatic carbocycles. The van der Waals surface area contributed by atoms with Gasteiger partial charge >= 0.3 is 0 Å². The Labute approximate surface area is 136 Å². The average Bonchev–Trinajstić information content (AvgIpc) is 2.84. The molecular weight excluding hydrogens is 286 g/mol. The number of allylic oxidation sites excluding steroid dienone is 1. The summed E-state index contributed by atoms with van der Waals surface area (Å²) in [5.41, 5.74) is 4.27. The van der Waals surface area contributed by atoms with E-state index in [2.05, 4.69) is 58.7 Å². The molecule has 0 radical (unpaired) electrons. The first-order valence-corrected chi connectivity index (χ1v) is 15.3. The maximum Gasteiger partial charge on any atom is 0.0560 e. The largest absolute Gasteiger partial charge is 0.314 e. The van der Waals surface area contributed by atoms with Crippen molar-refractivity contribution in [3.05, 3.63) is 11.3 Å². The molecule has 0 amide bonds. The van der Waals surface area contributed by atoms with Gasteiger partial charge in [-0.2, -0.15) is 0 Å². The van der Waals surface area contributed by atoms with Crippen LogP contribution in [-0.2, 0) is 0 Å². The van der Waals surface area contributed by atoms with E-state index in [1.807, 2.05) is 0 Å². The predicted octanol–water partition coefficient (Wildman–Crippen LogP) is 5.23. The molecule has 0 saturated heterocycles. The highest BCUT2D eigenvalue weighted by atomic mass is 29.2. The molecule has 21 heavy (non-hydrogen) atoms. The molecule has 3 heteroatoms. The molecule has 0 aromatic rings. The Balaban J connectivity index is 2.52. The molecule has 0 spiro atoms. The van der Waals surface area contributed by atoms with E-state index in [9.17, 15) is 0 Å². The first kappa shape index (κ1) is 19.2. The summed E-state index contributed by atoms with van der Waals surface area (Å²) in [5, 5.41) is 4.33. The van der Waals surface area contributed by atoms with E-state index in [-0.39, 0.29) is 0 Å². The highest BCUT2D eigenvalue weighted by Crippen LogP contribution is 2.39. The van der Waals surface area contributed by atoms with Gasteiger partial charge < -0.3 is 5.32 Å². The summed E-state index contributed by atoms with van der Waals surface area (Å²) in [7, 11) is -1.90. The molecule has 0 bridgehead atoms. The number of hydrogen-bond acceptors (Lipinski definition) is 1. The molecule has 1 atom stereocenters. The Kier molecular flexibility index (Phi) is 7.41. The zero-order valence-electron chi connectivity index (χ0n) is 15.7. The summed E-state index contributed by atoms with van der Waals surface area (Å²) >= 11 is 0. The first-order chi connectivity index (χ1) is 9.64. The van der Waals surface area contributed by atoms with E-state index in [0.717, 1.165) is 6.04 Å². The zero-order valence-corrected chi connectivity index (χ0v) is 17.8. The van der Waals surface area contributed by atoms with Crippen LogP contribution in [0.4, 0.5) is 0 Å². The molecular formula is C18H39NSi2. The average molecular weight is 326 g/mol. The SMILES string of the molecule is CC(C)=C[SiH](CCCNC1CCCC1)[Si](C)(C)C(C)(C)C. The van der Waals surface area contributed by atoms with E-state index in [4.69, 9.17) is 0 Å². The highest BCUT2D eigenvalue weighted by molar-refractivity contribution is 7.35. The van der Waals surface area contributed by atoms with E-state index >= 15 is 0 Å². The zero-order chi connectivity index (χ0) is 16.1. The van der Waals surface area contributed by atoms with Gasteiger partial charge in [0, 0.05) is 13.6 Å². The summed E-state index contributed by atoms with van der Waals surface area (Å²) in [6.45, 7) is 18.6. The first-order valence-electron chi connectivity index (χ1n) is 9.03. The van der Waals surface area contributed by atoms with Crippen molar-refractivity contribution in [2.24, 2.45) is 0 Å². The fourth-order valence-corrected chi connectivity index (χ4v) is 15.6. The second-order valence-electron chi connectivity index (χ2n) is 8.90. The van der Waals surface area contributed by atoms with Gasteiger partial charge in [-0.05, 0) is 44.7 Å². The standard InChI is InChI=1S/C18H39NSi2/c1-16(2)15-20(21(6,7)18(3,4)5)14-10-13-19-17-11-8-9-12-17/h15,17,19-20H,8-14H2,1-7H3. The van der Waals surface area contributed by atoms with Crippen molar-refractivity contribution in [3.8, 4) is 0 Å². The molecule has 0 aliphatic heterocycles. The lowest BCUT2D eigenvalue weighted by atomic mass is 10.2. The fraction of sp³-hybridized carbons (Fsp3) is 0.889. The number of hydrogen-bond donors (Lipinski definition) is 1. The second kappa shape index (κ2) is 8.12. The Hall–Kier alpha value is 0.134. The van der Waals surface area contributed by atoms with Gasteiger partial charge in [-0.1, -0.05) is 58.3 Å². The molecule has 0 heterocycles. The quantitative estimate of drug-likeness (QED) is 0.499. The molecule has 1 fully saturated rings. The predicted molar refractivity (Wildman–Crippen MR) is 103 cm³/mol. The lowest BCUT2D eigenvalue weighted by molar-refractivity contribution is 0.523. The third-order valence-corrected chi connectivity index (χ3v) is 23.2. The Bertz CT molecular complexity index is 332. The highest BCUT2D eigenvalue weighted by Gasteiger charge is 2.41. The molecule has 1 nitrogen and oxygen atoms in total. The fourth-order valence-electron chi connectivity index (χ4n) is 3.37. The molecule has 1 aliphatic carbocycles. The van der Waals surface area contributed by atoms with Gasteiger partial charge in [-0.3, -0.25) is 0 Å². The Morgan fingerprint density at radius 3 is 2.24 bits per heavy atom. The lowest BCUT2D eigenvalue weighted by Crippen LogP contribution is -2.52.